The second-order valence-electron chi connectivity index (χ2n) is 9.82. The lowest BCUT2D eigenvalue weighted by atomic mass is 9.88. The molecule has 1 aliphatic rings. The third-order valence-corrected chi connectivity index (χ3v) is 7.08. The molecule has 0 saturated carbocycles. The second kappa shape index (κ2) is 10.4. The van der Waals surface area contributed by atoms with E-state index in [1.807, 2.05) is 60.1 Å². The summed E-state index contributed by atoms with van der Waals surface area (Å²) in [5.74, 6) is -0.127. The number of hydrogen-bond donors (Lipinski definition) is 1. The van der Waals surface area contributed by atoms with Crippen molar-refractivity contribution in [2.24, 2.45) is 5.92 Å². The maximum absolute atomic E-state index is 13.9. The number of para-hydroxylation sites is 2. The molecule has 0 spiro atoms. The van der Waals surface area contributed by atoms with Gasteiger partial charge in [0, 0.05) is 11.4 Å². The van der Waals surface area contributed by atoms with Gasteiger partial charge in [-0.25, -0.2) is 4.98 Å². The van der Waals surface area contributed by atoms with Crippen LogP contribution in [0.4, 0.5) is 18.9 Å². The van der Waals surface area contributed by atoms with Gasteiger partial charge in [-0.2, -0.15) is 13.2 Å². The van der Waals surface area contributed by atoms with Crippen molar-refractivity contribution in [1.29, 1.82) is 0 Å². The van der Waals surface area contributed by atoms with Crippen molar-refractivity contribution in [2.75, 3.05) is 25.5 Å². The molecular formula is C29H29F3N4O. The Hall–Kier alpha value is -3.65. The lowest BCUT2D eigenvalue weighted by molar-refractivity contribution is -0.138. The molecule has 1 aromatic heterocycles. The summed E-state index contributed by atoms with van der Waals surface area (Å²) in [5, 5.41) is 2.65. The average molecular weight is 507 g/mol. The summed E-state index contributed by atoms with van der Waals surface area (Å²) in [6.45, 7) is 1.81. The zero-order chi connectivity index (χ0) is 26.0. The number of amides is 1. The molecule has 192 valence electrons. The van der Waals surface area contributed by atoms with Crippen LogP contribution in [-0.4, -0.2) is 40.5 Å². The normalized spacial score (nSPS) is 15.2. The number of imidazole rings is 1. The molecule has 0 bridgehead atoms. The molecule has 5 nitrogen and oxygen atoms in total. The van der Waals surface area contributed by atoms with Crippen molar-refractivity contribution in [3.8, 4) is 5.69 Å². The summed E-state index contributed by atoms with van der Waals surface area (Å²) in [7, 11) is 2.03. The largest absolute Gasteiger partial charge is 0.416 e. The van der Waals surface area contributed by atoms with Crippen LogP contribution in [0.5, 0.6) is 0 Å². The van der Waals surface area contributed by atoms with Gasteiger partial charge in [0.05, 0.1) is 23.0 Å². The molecule has 5 rings (SSSR count). The molecule has 1 saturated heterocycles. The molecule has 0 radical (unpaired) electrons. The van der Waals surface area contributed by atoms with Crippen LogP contribution in [0.3, 0.4) is 0 Å². The summed E-state index contributed by atoms with van der Waals surface area (Å²) in [5.41, 5.74) is 3.33. The number of benzene rings is 3. The number of carbonyl (C=O) groups excluding carboxylic acids is 1. The number of aromatic nitrogens is 2. The van der Waals surface area contributed by atoms with Crippen molar-refractivity contribution in [1.82, 2.24) is 14.5 Å². The van der Waals surface area contributed by atoms with E-state index in [0.717, 1.165) is 54.3 Å². The lowest BCUT2D eigenvalue weighted by Gasteiger charge is -2.29. The first-order chi connectivity index (χ1) is 17.8. The van der Waals surface area contributed by atoms with Crippen LogP contribution >= 0.6 is 0 Å². The number of alkyl halides is 3. The molecule has 1 N–H and O–H groups in total. The highest BCUT2D eigenvalue weighted by Crippen LogP contribution is 2.36. The minimum Gasteiger partial charge on any atom is -0.326 e. The van der Waals surface area contributed by atoms with E-state index in [2.05, 4.69) is 15.2 Å². The summed E-state index contributed by atoms with van der Waals surface area (Å²) in [4.78, 5) is 19.2. The summed E-state index contributed by atoms with van der Waals surface area (Å²) >= 11 is 0. The fourth-order valence-electron chi connectivity index (χ4n) is 5.00. The Bertz CT molecular complexity index is 1390. The quantitative estimate of drug-likeness (QED) is 0.343. The lowest BCUT2D eigenvalue weighted by Crippen LogP contribution is -2.31. The molecule has 1 amide bonds. The molecule has 1 fully saturated rings. The van der Waals surface area contributed by atoms with E-state index in [1.54, 1.807) is 12.4 Å². The number of rotatable bonds is 6. The van der Waals surface area contributed by atoms with Gasteiger partial charge in [0.15, 0.2) is 0 Å². The van der Waals surface area contributed by atoms with Crippen LogP contribution in [0.25, 0.3) is 16.7 Å². The van der Waals surface area contributed by atoms with Crippen molar-refractivity contribution in [2.45, 2.75) is 31.9 Å². The van der Waals surface area contributed by atoms with E-state index < -0.39 is 11.7 Å². The monoisotopic (exact) mass is 506 g/mol. The maximum atomic E-state index is 13.9. The van der Waals surface area contributed by atoms with E-state index in [4.69, 9.17) is 0 Å². The van der Waals surface area contributed by atoms with E-state index in [0.29, 0.717) is 12.0 Å². The molecule has 8 heteroatoms. The van der Waals surface area contributed by atoms with Crippen LogP contribution in [0.2, 0.25) is 0 Å². The molecule has 4 aromatic rings. The Morgan fingerprint density at radius 3 is 2.49 bits per heavy atom. The number of likely N-dealkylation sites (tertiary alicyclic amines) is 1. The van der Waals surface area contributed by atoms with Gasteiger partial charge >= 0.3 is 6.18 Å². The van der Waals surface area contributed by atoms with Crippen LogP contribution in [-0.2, 0) is 23.8 Å². The number of hydrogen-bond acceptors (Lipinski definition) is 3. The predicted molar refractivity (Wildman–Crippen MR) is 139 cm³/mol. The molecule has 2 heterocycles. The van der Waals surface area contributed by atoms with Gasteiger partial charge in [-0.3, -0.25) is 9.36 Å². The zero-order valence-corrected chi connectivity index (χ0v) is 20.6. The van der Waals surface area contributed by atoms with Gasteiger partial charge in [-0.05, 0) is 92.8 Å². The van der Waals surface area contributed by atoms with Gasteiger partial charge in [0.2, 0.25) is 5.91 Å². The summed E-state index contributed by atoms with van der Waals surface area (Å²) in [6.07, 6.45) is -0.487. The highest BCUT2D eigenvalue weighted by molar-refractivity contribution is 5.92. The van der Waals surface area contributed by atoms with Gasteiger partial charge in [0.1, 0.15) is 6.33 Å². The summed E-state index contributed by atoms with van der Waals surface area (Å²) in [6, 6.07) is 19.4. The van der Waals surface area contributed by atoms with Crippen LogP contribution in [0.15, 0.2) is 73.1 Å². The number of nitrogens with one attached hydrogen (secondary N) is 1. The first kappa shape index (κ1) is 25.0. The Labute approximate surface area is 213 Å². The molecule has 0 unspecified atom stereocenters. The Balaban J connectivity index is 1.26. The van der Waals surface area contributed by atoms with E-state index in [9.17, 15) is 18.0 Å². The molecule has 3 aromatic carbocycles. The van der Waals surface area contributed by atoms with Crippen molar-refractivity contribution < 1.29 is 18.0 Å². The fraction of sp³-hybridized carbons (Fsp3) is 0.310. The average Bonchev–Trinajstić information content (AvgIpc) is 3.30. The molecular weight excluding hydrogens is 477 g/mol. The predicted octanol–water partition coefficient (Wildman–Crippen LogP) is 6.11. The Morgan fingerprint density at radius 2 is 1.76 bits per heavy atom. The Kier molecular flexibility index (Phi) is 7.02. The SMILES string of the molecule is CN1CCC(Cc2ccc(NC(=O)Cc3ccc(-n4cnc5ccccc54)cc3)cc2C(F)(F)F)CC1. The number of fused-ring (bicyclic) bond motifs is 1. The molecule has 37 heavy (non-hydrogen) atoms. The number of halogens is 3. The van der Waals surface area contributed by atoms with Gasteiger partial charge in [-0.1, -0.05) is 30.3 Å². The van der Waals surface area contributed by atoms with Gasteiger partial charge < -0.3 is 10.2 Å². The Morgan fingerprint density at radius 1 is 1.03 bits per heavy atom. The highest BCUT2D eigenvalue weighted by Gasteiger charge is 2.34. The van der Waals surface area contributed by atoms with Crippen molar-refractivity contribution in [3.63, 3.8) is 0 Å². The van der Waals surface area contributed by atoms with Crippen molar-refractivity contribution in [3.05, 3.63) is 89.7 Å². The number of nitrogens with zero attached hydrogens (tertiary/aromatic N) is 3. The van der Waals surface area contributed by atoms with E-state index >= 15 is 0 Å². The van der Waals surface area contributed by atoms with Crippen molar-refractivity contribution >= 4 is 22.6 Å². The third-order valence-electron chi connectivity index (χ3n) is 7.08. The fourth-order valence-corrected chi connectivity index (χ4v) is 5.00. The van der Waals surface area contributed by atoms with E-state index in [1.165, 1.54) is 6.07 Å². The molecule has 0 atom stereocenters. The first-order valence-corrected chi connectivity index (χ1v) is 12.5. The highest BCUT2D eigenvalue weighted by atomic mass is 19.4. The third kappa shape index (κ3) is 5.85. The second-order valence-corrected chi connectivity index (χ2v) is 9.82. The first-order valence-electron chi connectivity index (χ1n) is 12.5. The standard InChI is InChI=1S/C29H29F3N4O/c1-35-14-12-21(13-15-35)16-22-8-9-23(18-25(22)29(30,31)32)34-28(37)17-20-6-10-24(11-7-20)36-19-33-26-4-2-3-5-27(26)36/h2-11,18-19,21H,12-17H2,1H3,(H,34,37). The minimum absolute atomic E-state index is 0.0592. The van der Waals surface area contributed by atoms with E-state index in [-0.39, 0.29) is 23.9 Å². The minimum atomic E-state index is -4.48. The molecule has 0 aliphatic carbocycles. The topological polar surface area (TPSA) is 50.2 Å². The summed E-state index contributed by atoms with van der Waals surface area (Å²) < 4.78 is 43.5. The number of anilines is 1. The molecule has 1 aliphatic heterocycles. The van der Waals surface area contributed by atoms with Crippen LogP contribution in [0.1, 0.15) is 29.5 Å². The van der Waals surface area contributed by atoms with Gasteiger partial charge in [-0.15, -0.1) is 0 Å². The number of piperidine rings is 1. The van der Waals surface area contributed by atoms with Gasteiger partial charge in [0.25, 0.3) is 0 Å². The smallest absolute Gasteiger partial charge is 0.326 e. The van der Waals surface area contributed by atoms with Crippen LogP contribution < -0.4 is 5.32 Å². The van der Waals surface area contributed by atoms with Crippen LogP contribution in [0, 0.1) is 5.92 Å². The maximum Gasteiger partial charge on any atom is 0.416 e. The number of carbonyl (C=O) groups is 1. The zero-order valence-electron chi connectivity index (χ0n) is 20.6.